The lowest BCUT2D eigenvalue weighted by Crippen LogP contribution is -2.36. The molecule has 0 spiro atoms. The Bertz CT molecular complexity index is 1160. The maximum atomic E-state index is 13.5. The highest BCUT2D eigenvalue weighted by molar-refractivity contribution is 5.98. The van der Waals surface area contributed by atoms with Crippen LogP contribution in [-0.4, -0.2) is 42.4 Å². The molecular formula is C28H30N2O4. The van der Waals surface area contributed by atoms with Crippen molar-refractivity contribution in [2.75, 3.05) is 20.8 Å². The van der Waals surface area contributed by atoms with E-state index in [0.29, 0.717) is 36.7 Å². The third-order valence-electron chi connectivity index (χ3n) is 6.34. The predicted molar refractivity (Wildman–Crippen MR) is 131 cm³/mol. The molecule has 6 nitrogen and oxygen atoms in total. The lowest BCUT2D eigenvalue weighted by atomic mass is 10.00. The van der Waals surface area contributed by atoms with Crippen LogP contribution in [-0.2, 0) is 17.9 Å². The molecule has 0 aliphatic carbocycles. The number of hydrogen-bond donors (Lipinski definition) is 0. The third-order valence-corrected chi connectivity index (χ3v) is 6.34. The molecule has 176 valence electrons. The highest BCUT2D eigenvalue weighted by atomic mass is 16.5. The summed E-state index contributed by atoms with van der Waals surface area (Å²) >= 11 is 0. The van der Waals surface area contributed by atoms with Crippen LogP contribution >= 0.6 is 0 Å². The molecule has 1 atom stereocenters. The zero-order chi connectivity index (χ0) is 24.1. The van der Waals surface area contributed by atoms with Crippen LogP contribution in [0.2, 0.25) is 0 Å². The van der Waals surface area contributed by atoms with Crippen molar-refractivity contribution in [2.45, 2.75) is 32.5 Å². The van der Waals surface area contributed by atoms with Gasteiger partial charge in [0.2, 0.25) is 5.91 Å². The number of amides is 2. The quantitative estimate of drug-likeness (QED) is 0.460. The Balaban J connectivity index is 1.65. The molecule has 1 heterocycles. The number of carbonyl (C=O) groups is 2. The molecule has 2 amide bonds. The standard InChI is InChI=1S/C28H30N2O4/c1-4-29(18-20-10-6-5-7-11-20)27(31)17-24(21-14-15-25(33-2)26(16-21)34-3)30-19-22-12-8-9-13-23(22)28(30)32/h5-16,24H,4,17-19H2,1-3H3/t24-/m1/s1. The fraction of sp³-hybridized carbons (Fsp3) is 0.286. The van der Waals surface area contributed by atoms with E-state index in [1.54, 1.807) is 19.1 Å². The number of fused-ring (bicyclic) bond motifs is 1. The van der Waals surface area contributed by atoms with Crippen LogP contribution < -0.4 is 9.47 Å². The minimum Gasteiger partial charge on any atom is -0.493 e. The number of hydrogen-bond acceptors (Lipinski definition) is 4. The minimum absolute atomic E-state index is 0.00473. The molecule has 1 aliphatic rings. The third kappa shape index (κ3) is 4.76. The molecule has 3 aromatic rings. The van der Waals surface area contributed by atoms with Crippen LogP contribution in [0.15, 0.2) is 72.8 Å². The lowest BCUT2D eigenvalue weighted by Gasteiger charge is -2.31. The summed E-state index contributed by atoms with van der Waals surface area (Å²) in [4.78, 5) is 30.5. The molecule has 4 rings (SSSR count). The molecule has 0 N–H and O–H groups in total. The van der Waals surface area contributed by atoms with E-state index in [2.05, 4.69) is 0 Å². The van der Waals surface area contributed by atoms with Crippen LogP contribution in [0.4, 0.5) is 0 Å². The van der Waals surface area contributed by atoms with Gasteiger partial charge >= 0.3 is 0 Å². The summed E-state index contributed by atoms with van der Waals surface area (Å²) < 4.78 is 10.9. The van der Waals surface area contributed by atoms with E-state index in [1.165, 1.54) is 0 Å². The van der Waals surface area contributed by atoms with Gasteiger partial charge in [-0.25, -0.2) is 0 Å². The molecule has 6 heteroatoms. The smallest absolute Gasteiger partial charge is 0.255 e. The first kappa shape index (κ1) is 23.4. The zero-order valence-electron chi connectivity index (χ0n) is 19.9. The van der Waals surface area contributed by atoms with Crippen molar-refractivity contribution >= 4 is 11.8 Å². The number of carbonyl (C=O) groups excluding carboxylic acids is 2. The molecule has 0 radical (unpaired) electrons. The van der Waals surface area contributed by atoms with Gasteiger partial charge in [-0.1, -0.05) is 54.6 Å². The summed E-state index contributed by atoms with van der Waals surface area (Å²) in [5, 5.41) is 0. The van der Waals surface area contributed by atoms with Crippen molar-refractivity contribution in [1.29, 1.82) is 0 Å². The summed E-state index contributed by atoms with van der Waals surface area (Å²) in [6, 6.07) is 22.7. The van der Waals surface area contributed by atoms with Gasteiger partial charge in [0.25, 0.3) is 5.91 Å². The van der Waals surface area contributed by atoms with Crippen LogP contribution in [0.5, 0.6) is 11.5 Å². The van der Waals surface area contributed by atoms with Gasteiger partial charge in [0, 0.05) is 25.2 Å². The molecule has 3 aromatic carbocycles. The van der Waals surface area contributed by atoms with Crippen LogP contribution in [0.25, 0.3) is 0 Å². The highest BCUT2D eigenvalue weighted by Gasteiger charge is 2.35. The molecule has 34 heavy (non-hydrogen) atoms. The van der Waals surface area contributed by atoms with Crippen molar-refractivity contribution in [3.63, 3.8) is 0 Å². The summed E-state index contributed by atoms with van der Waals surface area (Å²) in [7, 11) is 3.17. The van der Waals surface area contributed by atoms with Gasteiger partial charge < -0.3 is 19.3 Å². The van der Waals surface area contributed by atoms with Crippen molar-refractivity contribution in [3.05, 3.63) is 95.1 Å². The topological polar surface area (TPSA) is 59.1 Å². The van der Waals surface area contributed by atoms with Gasteiger partial charge in [0.1, 0.15) is 0 Å². The second-order valence-corrected chi connectivity index (χ2v) is 8.32. The monoisotopic (exact) mass is 458 g/mol. The molecule has 0 bridgehead atoms. The average Bonchev–Trinajstić information content (AvgIpc) is 3.22. The molecule has 0 saturated heterocycles. The van der Waals surface area contributed by atoms with Gasteiger partial charge in [-0.05, 0) is 41.8 Å². The Kier molecular flexibility index (Phi) is 7.16. The number of nitrogens with zero attached hydrogens (tertiary/aromatic N) is 2. The van der Waals surface area contributed by atoms with E-state index in [9.17, 15) is 9.59 Å². The van der Waals surface area contributed by atoms with Crippen molar-refractivity contribution in [2.24, 2.45) is 0 Å². The average molecular weight is 459 g/mol. The van der Waals surface area contributed by atoms with Gasteiger partial charge in [0.05, 0.1) is 26.7 Å². The second kappa shape index (κ2) is 10.4. The fourth-order valence-electron chi connectivity index (χ4n) is 4.47. The van der Waals surface area contributed by atoms with E-state index in [4.69, 9.17) is 9.47 Å². The maximum absolute atomic E-state index is 13.5. The Labute approximate surface area is 200 Å². The van der Waals surface area contributed by atoms with Gasteiger partial charge in [-0.15, -0.1) is 0 Å². The van der Waals surface area contributed by atoms with Gasteiger partial charge in [-0.3, -0.25) is 9.59 Å². The van der Waals surface area contributed by atoms with E-state index in [-0.39, 0.29) is 18.2 Å². The lowest BCUT2D eigenvalue weighted by molar-refractivity contribution is -0.132. The second-order valence-electron chi connectivity index (χ2n) is 8.32. The van der Waals surface area contributed by atoms with Crippen LogP contribution in [0.1, 0.15) is 46.4 Å². The maximum Gasteiger partial charge on any atom is 0.255 e. The summed E-state index contributed by atoms with van der Waals surface area (Å²) in [6.45, 7) is 3.55. The van der Waals surface area contributed by atoms with E-state index in [0.717, 1.165) is 16.7 Å². The fourth-order valence-corrected chi connectivity index (χ4v) is 4.47. The highest BCUT2D eigenvalue weighted by Crippen LogP contribution is 2.37. The molecule has 0 saturated carbocycles. The Morgan fingerprint density at radius 1 is 0.971 bits per heavy atom. The molecular weight excluding hydrogens is 428 g/mol. The summed E-state index contributed by atoms with van der Waals surface area (Å²) in [5.74, 6) is 1.11. The Morgan fingerprint density at radius 3 is 2.35 bits per heavy atom. The van der Waals surface area contributed by atoms with Gasteiger partial charge in [-0.2, -0.15) is 0 Å². The van der Waals surface area contributed by atoms with E-state index >= 15 is 0 Å². The summed E-state index contributed by atoms with van der Waals surface area (Å²) in [5.41, 5.74) is 3.58. The number of benzene rings is 3. The number of rotatable bonds is 9. The Hall–Kier alpha value is -3.80. The van der Waals surface area contributed by atoms with Gasteiger partial charge in [0.15, 0.2) is 11.5 Å². The van der Waals surface area contributed by atoms with Crippen molar-refractivity contribution in [1.82, 2.24) is 9.80 Å². The molecule has 0 aromatic heterocycles. The first-order valence-electron chi connectivity index (χ1n) is 11.5. The first-order chi connectivity index (χ1) is 16.5. The SMILES string of the molecule is CCN(Cc1ccccc1)C(=O)C[C@H](c1ccc(OC)c(OC)c1)N1Cc2ccccc2C1=O. The molecule has 0 fully saturated rings. The van der Waals surface area contributed by atoms with E-state index < -0.39 is 6.04 Å². The molecule has 1 aliphatic heterocycles. The zero-order valence-corrected chi connectivity index (χ0v) is 19.9. The predicted octanol–water partition coefficient (Wildman–Crippen LogP) is 4.84. The van der Waals surface area contributed by atoms with Crippen LogP contribution in [0.3, 0.4) is 0 Å². The minimum atomic E-state index is -0.433. The van der Waals surface area contributed by atoms with Crippen LogP contribution in [0, 0.1) is 0 Å². The van der Waals surface area contributed by atoms with E-state index in [1.807, 2.05) is 84.6 Å². The first-order valence-corrected chi connectivity index (χ1v) is 11.5. The van der Waals surface area contributed by atoms with Crippen molar-refractivity contribution in [3.8, 4) is 11.5 Å². The number of methoxy groups -OCH3 is 2. The molecule has 0 unspecified atom stereocenters. The number of ether oxygens (including phenoxy) is 2. The largest absolute Gasteiger partial charge is 0.493 e. The normalized spacial score (nSPS) is 13.4. The Morgan fingerprint density at radius 2 is 1.68 bits per heavy atom. The summed E-state index contributed by atoms with van der Waals surface area (Å²) in [6.07, 6.45) is 0.176. The van der Waals surface area contributed by atoms with Crippen molar-refractivity contribution < 1.29 is 19.1 Å².